The lowest BCUT2D eigenvalue weighted by atomic mass is 9.96. The first kappa shape index (κ1) is 24.0. The van der Waals surface area contributed by atoms with Crippen LogP contribution in [0.15, 0.2) is 65.3 Å². The van der Waals surface area contributed by atoms with E-state index >= 15 is 0 Å². The summed E-state index contributed by atoms with van der Waals surface area (Å²) < 4.78 is 11.6. The Morgan fingerprint density at radius 2 is 1.86 bits per heavy atom. The second-order valence-corrected chi connectivity index (χ2v) is 8.62. The van der Waals surface area contributed by atoms with Crippen molar-refractivity contribution in [2.24, 2.45) is 0 Å². The molecule has 0 saturated carbocycles. The zero-order chi connectivity index (χ0) is 25.3. The topological polar surface area (TPSA) is 94.6 Å². The quantitative estimate of drug-likeness (QED) is 0.173. The fraction of sp³-hybridized carbons (Fsp3) is 0.148. The van der Waals surface area contributed by atoms with E-state index in [0.29, 0.717) is 33.2 Å². The molecular weight excluding hydrogens is 468 g/mol. The summed E-state index contributed by atoms with van der Waals surface area (Å²) in [4.78, 5) is 23.3. The Morgan fingerprint density at radius 3 is 2.49 bits per heavy atom. The molecule has 1 aromatic heterocycles. The molecule has 0 bridgehead atoms. The maximum Gasteiger partial charge on any atom is 0.269 e. The Kier molecular flexibility index (Phi) is 6.62. The smallest absolute Gasteiger partial charge is 0.269 e. The first-order chi connectivity index (χ1) is 16.7. The molecule has 0 aliphatic carbocycles. The van der Waals surface area contributed by atoms with E-state index in [1.807, 2.05) is 44.2 Å². The number of non-ortho nitro benzene ring substituents is 1. The van der Waals surface area contributed by atoms with Crippen molar-refractivity contribution in [3.8, 4) is 16.9 Å². The number of anilines is 1. The lowest BCUT2D eigenvalue weighted by Crippen LogP contribution is -2.10. The first-order valence-electron chi connectivity index (χ1n) is 10.8. The van der Waals surface area contributed by atoms with Crippen LogP contribution >= 0.6 is 11.6 Å². The number of hydrogen-bond donors (Lipinski definition) is 1. The van der Waals surface area contributed by atoms with Gasteiger partial charge in [0.2, 0.25) is 5.91 Å². The number of allylic oxidation sites excluding steroid dienone is 1. The zero-order valence-electron chi connectivity index (χ0n) is 19.6. The first-order valence-corrected chi connectivity index (χ1v) is 11.2. The van der Waals surface area contributed by atoms with Gasteiger partial charge in [-0.15, -0.1) is 0 Å². The second-order valence-electron chi connectivity index (χ2n) is 8.19. The van der Waals surface area contributed by atoms with Gasteiger partial charge in [0.15, 0.2) is 0 Å². The van der Waals surface area contributed by atoms with Crippen molar-refractivity contribution in [2.75, 3.05) is 12.4 Å². The van der Waals surface area contributed by atoms with E-state index in [1.165, 1.54) is 24.3 Å². The number of nitro benzene ring substituents is 1. The summed E-state index contributed by atoms with van der Waals surface area (Å²) in [6, 6.07) is 13.7. The zero-order valence-corrected chi connectivity index (χ0v) is 20.4. The average Bonchev–Trinajstić information content (AvgIpc) is 3.25. The third-order valence-corrected chi connectivity index (χ3v) is 6.11. The van der Waals surface area contributed by atoms with Crippen LogP contribution in [-0.4, -0.2) is 17.9 Å². The van der Waals surface area contributed by atoms with E-state index in [1.54, 1.807) is 20.3 Å². The SMILES string of the molecule is COc1c(/C(C)=C/C(=O)Nc2ccc([N+](=O)[O-])cc2C)cc2c(-c3ccc(Cl)cc3)coc2c1C. The number of aryl methyl sites for hydroxylation is 2. The normalized spacial score (nSPS) is 11.5. The Morgan fingerprint density at radius 1 is 1.14 bits per heavy atom. The second kappa shape index (κ2) is 9.64. The minimum atomic E-state index is -0.471. The van der Waals surface area contributed by atoms with E-state index in [-0.39, 0.29) is 11.6 Å². The molecule has 0 spiro atoms. The molecule has 0 aliphatic heterocycles. The molecule has 3 aromatic carbocycles. The number of nitrogens with one attached hydrogen (secondary N) is 1. The van der Waals surface area contributed by atoms with E-state index in [2.05, 4.69) is 5.32 Å². The van der Waals surface area contributed by atoms with Crippen molar-refractivity contribution in [3.63, 3.8) is 0 Å². The number of furan rings is 1. The molecule has 0 unspecified atom stereocenters. The van der Waals surface area contributed by atoms with Gasteiger partial charge in [-0.1, -0.05) is 23.7 Å². The van der Waals surface area contributed by atoms with Gasteiger partial charge in [0.1, 0.15) is 11.3 Å². The number of benzene rings is 3. The van der Waals surface area contributed by atoms with Gasteiger partial charge >= 0.3 is 0 Å². The number of hydrogen-bond acceptors (Lipinski definition) is 5. The Bertz CT molecular complexity index is 1490. The summed E-state index contributed by atoms with van der Waals surface area (Å²) >= 11 is 6.05. The fourth-order valence-corrected chi connectivity index (χ4v) is 4.20. The fourth-order valence-electron chi connectivity index (χ4n) is 4.07. The van der Waals surface area contributed by atoms with Crippen LogP contribution < -0.4 is 10.1 Å². The van der Waals surface area contributed by atoms with Crippen LogP contribution in [0, 0.1) is 24.0 Å². The van der Waals surface area contributed by atoms with Crippen molar-refractivity contribution < 1.29 is 18.9 Å². The number of nitrogens with zero attached hydrogens (tertiary/aromatic N) is 1. The molecule has 0 aliphatic rings. The number of nitro groups is 1. The van der Waals surface area contributed by atoms with Crippen LogP contribution in [0.1, 0.15) is 23.6 Å². The Balaban J connectivity index is 1.72. The molecular formula is C27H23ClN2O5. The highest BCUT2D eigenvalue weighted by molar-refractivity contribution is 6.30. The predicted octanol–water partition coefficient (Wildman–Crippen LogP) is 7.33. The van der Waals surface area contributed by atoms with Crippen LogP contribution in [0.3, 0.4) is 0 Å². The molecule has 7 nitrogen and oxygen atoms in total. The highest BCUT2D eigenvalue weighted by Gasteiger charge is 2.19. The van der Waals surface area contributed by atoms with Gasteiger partial charge in [0.25, 0.3) is 5.69 Å². The van der Waals surface area contributed by atoms with Crippen LogP contribution in [0.2, 0.25) is 5.02 Å². The average molecular weight is 491 g/mol. The van der Waals surface area contributed by atoms with Gasteiger partial charge in [-0.05, 0) is 61.7 Å². The molecule has 178 valence electrons. The molecule has 4 rings (SSSR count). The monoisotopic (exact) mass is 490 g/mol. The maximum atomic E-state index is 12.8. The molecule has 8 heteroatoms. The van der Waals surface area contributed by atoms with E-state index in [9.17, 15) is 14.9 Å². The molecule has 4 aromatic rings. The van der Waals surface area contributed by atoms with Crippen LogP contribution in [0.4, 0.5) is 11.4 Å². The van der Waals surface area contributed by atoms with E-state index in [4.69, 9.17) is 20.8 Å². The summed E-state index contributed by atoms with van der Waals surface area (Å²) in [7, 11) is 1.58. The van der Waals surface area contributed by atoms with Crippen LogP contribution in [0.25, 0.3) is 27.7 Å². The molecule has 35 heavy (non-hydrogen) atoms. The summed E-state index contributed by atoms with van der Waals surface area (Å²) in [6.07, 6.45) is 3.18. The molecule has 1 N–H and O–H groups in total. The number of amides is 1. The van der Waals surface area contributed by atoms with Crippen LogP contribution in [-0.2, 0) is 4.79 Å². The standard InChI is InChI=1S/C27H23ClN2O5/c1-15(12-25(31)29-24-10-9-20(30(32)33)11-16(24)2)21-13-22-23(18-5-7-19(28)8-6-18)14-35-27(22)17(3)26(21)34-4/h5-14H,1-4H3,(H,29,31)/b15-12+. The largest absolute Gasteiger partial charge is 0.496 e. The van der Waals surface area contributed by atoms with Crippen molar-refractivity contribution >= 4 is 45.4 Å². The number of ether oxygens (including phenoxy) is 1. The number of fused-ring (bicyclic) bond motifs is 1. The highest BCUT2D eigenvalue weighted by Crippen LogP contribution is 2.40. The van der Waals surface area contributed by atoms with E-state index in [0.717, 1.165) is 27.6 Å². The lowest BCUT2D eigenvalue weighted by Gasteiger charge is -2.13. The summed E-state index contributed by atoms with van der Waals surface area (Å²) in [6.45, 7) is 5.44. The summed E-state index contributed by atoms with van der Waals surface area (Å²) in [5.74, 6) is 0.256. The molecule has 0 radical (unpaired) electrons. The lowest BCUT2D eigenvalue weighted by molar-refractivity contribution is -0.384. The van der Waals surface area contributed by atoms with Crippen molar-refractivity contribution in [1.29, 1.82) is 0 Å². The molecule has 0 saturated heterocycles. The Labute approximate surface area is 207 Å². The van der Waals surface area contributed by atoms with Gasteiger partial charge < -0.3 is 14.5 Å². The summed E-state index contributed by atoms with van der Waals surface area (Å²) in [5.41, 5.74) is 5.89. The molecule has 0 fully saturated rings. The Hall–Kier alpha value is -4.10. The number of rotatable bonds is 6. The van der Waals surface area contributed by atoms with Crippen molar-refractivity contribution in [1.82, 2.24) is 0 Å². The summed E-state index contributed by atoms with van der Waals surface area (Å²) in [5, 5.41) is 15.3. The predicted molar refractivity (Wildman–Crippen MR) is 138 cm³/mol. The molecule has 1 heterocycles. The molecule has 0 atom stereocenters. The van der Waals surface area contributed by atoms with Gasteiger partial charge in [0, 0.05) is 51.0 Å². The van der Waals surface area contributed by atoms with Gasteiger partial charge in [-0.25, -0.2) is 0 Å². The third-order valence-electron chi connectivity index (χ3n) is 5.85. The number of methoxy groups -OCH3 is 1. The minimum Gasteiger partial charge on any atom is -0.496 e. The van der Waals surface area contributed by atoms with Crippen molar-refractivity contribution in [3.05, 3.63) is 92.7 Å². The minimum absolute atomic E-state index is 0.0302. The van der Waals surface area contributed by atoms with E-state index < -0.39 is 4.92 Å². The van der Waals surface area contributed by atoms with Gasteiger partial charge in [-0.3, -0.25) is 14.9 Å². The third kappa shape index (κ3) is 4.76. The number of carbonyl (C=O) groups excluding carboxylic acids is 1. The number of carbonyl (C=O) groups is 1. The van der Waals surface area contributed by atoms with Crippen LogP contribution in [0.5, 0.6) is 5.75 Å². The van der Waals surface area contributed by atoms with Gasteiger partial charge in [0.05, 0.1) is 18.3 Å². The maximum absolute atomic E-state index is 12.8. The highest BCUT2D eigenvalue weighted by atomic mass is 35.5. The van der Waals surface area contributed by atoms with Crippen molar-refractivity contribution in [2.45, 2.75) is 20.8 Å². The number of halogens is 1. The molecule has 1 amide bonds. The van der Waals surface area contributed by atoms with Gasteiger partial charge in [-0.2, -0.15) is 0 Å².